The van der Waals surface area contributed by atoms with Gasteiger partial charge in [0.05, 0.1) is 18.2 Å². The first kappa shape index (κ1) is 28.6. The van der Waals surface area contributed by atoms with Gasteiger partial charge in [-0.25, -0.2) is 4.39 Å². The molecule has 0 aromatic heterocycles. The molecule has 39 heavy (non-hydrogen) atoms. The zero-order valence-corrected chi connectivity index (χ0v) is 23.0. The van der Waals surface area contributed by atoms with E-state index in [1.54, 1.807) is 18.2 Å². The number of carbonyl (C=O) groups is 2. The van der Waals surface area contributed by atoms with Gasteiger partial charge in [-0.3, -0.25) is 9.59 Å². The van der Waals surface area contributed by atoms with Crippen molar-refractivity contribution in [2.24, 2.45) is 11.7 Å². The predicted molar refractivity (Wildman–Crippen MR) is 149 cm³/mol. The molecule has 0 aliphatic carbocycles. The highest BCUT2D eigenvalue weighted by molar-refractivity contribution is 6.03. The normalized spacial score (nSPS) is 18.6. The Labute approximate surface area is 230 Å². The first-order valence-electron chi connectivity index (χ1n) is 14.1. The fourth-order valence-electron chi connectivity index (χ4n) is 5.70. The first-order chi connectivity index (χ1) is 18.8. The molecule has 4 rings (SSSR count). The number of hydrogen-bond acceptors (Lipinski definition) is 5. The zero-order valence-electron chi connectivity index (χ0n) is 23.0. The number of benzene rings is 2. The van der Waals surface area contributed by atoms with Gasteiger partial charge in [0, 0.05) is 24.2 Å². The van der Waals surface area contributed by atoms with E-state index in [4.69, 9.17) is 10.5 Å². The van der Waals surface area contributed by atoms with Gasteiger partial charge in [-0.2, -0.15) is 5.26 Å². The van der Waals surface area contributed by atoms with Crippen LogP contribution in [0.15, 0.2) is 42.5 Å². The molecule has 0 saturated carbocycles. The Morgan fingerprint density at radius 1 is 1.08 bits per heavy atom. The molecule has 2 amide bonds. The fraction of sp³-hybridized carbons (Fsp3) is 0.516. The lowest BCUT2D eigenvalue weighted by atomic mass is 9.94. The van der Waals surface area contributed by atoms with Gasteiger partial charge < -0.3 is 20.3 Å². The van der Waals surface area contributed by atoms with Crippen LogP contribution in [0.1, 0.15) is 68.3 Å². The SMILES string of the molecule is CCC(F)(CC)CN1CCC(COc2ccc(-c3ccccc3C(=O)N3CCC[C@H]3C(N)=O)c(C#N)c2)CC1. The zero-order chi connectivity index (χ0) is 28.0. The van der Waals surface area contributed by atoms with Gasteiger partial charge in [0.15, 0.2) is 0 Å². The number of ether oxygens (including phenoxy) is 1. The maximum atomic E-state index is 14.8. The van der Waals surface area contributed by atoms with E-state index in [0.29, 0.717) is 72.9 Å². The summed E-state index contributed by atoms with van der Waals surface area (Å²) in [5.41, 5.74) is 6.54. The van der Waals surface area contributed by atoms with E-state index >= 15 is 0 Å². The highest BCUT2D eigenvalue weighted by atomic mass is 19.1. The quantitative estimate of drug-likeness (QED) is 0.466. The van der Waals surface area contributed by atoms with Crippen LogP contribution >= 0.6 is 0 Å². The molecule has 2 aliphatic heterocycles. The van der Waals surface area contributed by atoms with E-state index in [1.807, 2.05) is 38.1 Å². The molecule has 208 valence electrons. The van der Waals surface area contributed by atoms with Gasteiger partial charge in [-0.05, 0) is 87.4 Å². The highest BCUT2D eigenvalue weighted by Gasteiger charge is 2.34. The lowest BCUT2D eigenvalue weighted by Gasteiger charge is -2.36. The average Bonchev–Trinajstić information content (AvgIpc) is 3.47. The predicted octanol–water partition coefficient (Wildman–Crippen LogP) is 4.93. The number of carbonyl (C=O) groups excluding carboxylic acids is 2. The van der Waals surface area contributed by atoms with E-state index in [-0.39, 0.29) is 5.91 Å². The summed E-state index contributed by atoms with van der Waals surface area (Å²) >= 11 is 0. The molecular formula is C31H39FN4O3. The number of piperidine rings is 1. The van der Waals surface area contributed by atoms with Crippen LogP contribution in [0.4, 0.5) is 4.39 Å². The summed E-state index contributed by atoms with van der Waals surface area (Å²) in [7, 11) is 0. The van der Waals surface area contributed by atoms with Crippen molar-refractivity contribution in [3.8, 4) is 22.9 Å². The number of nitriles is 1. The van der Waals surface area contributed by atoms with Crippen molar-refractivity contribution >= 4 is 11.8 Å². The molecule has 8 heteroatoms. The molecule has 7 nitrogen and oxygen atoms in total. The molecular weight excluding hydrogens is 495 g/mol. The third kappa shape index (κ3) is 6.59. The van der Waals surface area contributed by atoms with Crippen LogP contribution in [-0.2, 0) is 4.79 Å². The van der Waals surface area contributed by atoms with Crippen LogP contribution in [0, 0.1) is 17.2 Å². The lowest BCUT2D eigenvalue weighted by Crippen LogP contribution is -2.44. The molecule has 2 aromatic rings. The van der Waals surface area contributed by atoms with E-state index in [9.17, 15) is 19.2 Å². The highest BCUT2D eigenvalue weighted by Crippen LogP contribution is 2.32. The smallest absolute Gasteiger partial charge is 0.255 e. The summed E-state index contributed by atoms with van der Waals surface area (Å²) in [4.78, 5) is 29.0. The molecule has 2 fully saturated rings. The molecule has 2 heterocycles. The minimum atomic E-state index is -1.11. The third-order valence-corrected chi connectivity index (χ3v) is 8.37. The molecule has 2 N–H and O–H groups in total. The number of nitrogens with zero attached hydrogens (tertiary/aromatic N) is 3. The van der Waals surface area contributed by atoms with E-state index in [2.05, 4.69) is 11.0 Å². The molecule has 2 aromatic carbocycles. The van der Waals surface area contributed by atoms with Crippen LogP contribution < -0.4 is 10.5 Å². The topological polar surface area (TPSA) is 99.7 Å². The van der Waals surface area contributed by atoms with Crippen molar-refractivity contribution in [2.45, 2.75) is 64.1 Å². The van der Waals surface area contributed by atoms with Crippen LogP contribution in [0.5, 0.6) is 5.75 Å². The van der Waals surface area contributed by atoms with Crippen molar-refractivity contribution < 1.29 is 18.7 Å². The van der Waals surface area contributed by atoms with Gasteiger partial charge in [0.25, 0.3) is 5.91 Å². The van der Waals surface area contributed by atoms with Crippen molar-refractivity contribution in [1.82, 2.24) is 9.80 Å². The number of likely N-dealkylation sites (tertiary alicyclic amines) is 2. The van der Waals surface area contributed by atoms with Gasteiger partial charge in [0.1, 0.15) is 17.5 Å². The first-order valence-corrected chi connectivity index (χ1v) is 14.1. The van der Waals surface area contributed by atoms with Crippen LogP contribution in [-0.4, -0.2) is 66.1 Å². The second-order valence-corrected chi connectivity index (χ2v) is 10.8. The standard InChI is InChI=1S/C31H39FN4O3/c1-3-31(32,4-2)21-35-16-13-22(14-17-35)20-39-24-11-12-25(23(18-24)19-33)26-8-5-6-9-27(26)30(38)36-15-7-10-28(36)29(34)37/h5-6,8-9,11-12,18,22,28H,3-4,7,10,13-17,20-21H2,1-2H3,(H2,34,37)/t28-/m0/s1. The van der Waals surface area contributed by atoms with Gasteiger partial charge in [-0.15, -0.1) is 0 Å². The number of alkyl halides is 1. The maximum absolute atomic E-state index is 14.8. The van der Waals surface area contributed by atoms with Crippen molar-refractivity contribution in [3.05, 3.63) is 53.6 Å². The molecule has 0 unspecified atom stereocenters. The second-order valence-electron chi connectivity index (χ2n) is 10.8. The van der Waals surface area contributed by atoms with Crippen molar-refractivity contribution in [2.75, 3.05) is 32.8 Å². The minimum absolute atomic E-state index is 0.259. The monoisotopic (exact) mass is 534 g/mol. The van der Waals surface area contributed by atoms with Crippen LogP contribution in [0.3, 0.4) is 0 Å². The number of hydrogen-bond donors (Lipinski definition) is 1. The largest absolute Gasteiger partial charge is 0.493 e. The molecule has 1 atom stereocenters. The number of amides is 2. The van der Waals surface area contributed by atoms with Crippen molar-refractivity contribution in [3.63, 3.8) is 0 Å². The summed E-state index contributed by atoms with van der Waals surface area (Å²) in [6.45, 7) is 7.05. The Balaban J connectivity index is 1.43. The summed E-state index contributed by atoms with van der Waals surface area (Å²) in [6, 6.07) is 14.1. The average molecular weight is 535 g/mol. The molecule has 0 radical (unpaired) electrons. The molecule has 0 bridgehead atoms. The maximum Gasteiger partial charge on any atom is 0.255 e. The van der Waals surface area contributed by atoms with E-state index < -0.39 is 17.6 Å². The molecule has 2 aliphatic rings. The second kappa shape index (κ2) is 12.6. The van der Waals surface area contributed by atoms with Crippen LogP contribution in [0.25, 0.3) is 11.1 Å². The minimum Gasteiger partial charge on any atom is -0.493 e. The van der Waals surface area contributed by atoms with Crippen LogP contribution in [0.2, 0.25) is 0 Å². The summed E-state index contributed by atoms with van der Waals surface area (Å²) in [6.07, 6.45) is 4.26. The summed E-state index contributed by atoms with van der Waals surface area (Å²) in [5, 5.41) is 9.94. The Bertz CT molecular complexity index is 1210. The van der Waals surface area contributed by atoms with Gasteiger partial charge >= 0.3 is 0 Å². The number of rotatable bonds is 10. The molecule has 0 spiro atoms. The Morgan fingerprint density at radius 2 is 1.79 bits per heavy atom. The Morgan fingerprint density at radius 3 is 2.46 bits per heavy atom. The number of halogens is 1. The fourth-order valence-corrected chi connectivity index (χ4v) is 5.70. The lowest BCUT2D eigenvalue weighted by molar-refractivity contribution is -0.121. The van der Waals surface area contributed by atoms with Gasteiger partial charge in [0.2, 0.25) is 5.91 Å². The summed E-state index contributed by atoms with van der Waals surface area (Å²) < 4.78 is 20.9. The number of primary amides is 1. The summed E-state index contributed by atoms with van der Waals surface area (Å²) in [5.74, 6) is 0.223. The number of nitrogens with two attached hydrogens (primary N) is 1. The Kier molecular flexibility index (Phi) is 9.24. The van der Waals surface area contributed by atoms with E-state index in [1.165, 1.54) is 4.90 Å². The Hall–Kier alpha value is -3.44. The van der Waals surface area contributed by atoms with E-state index in [0.717, 1.165) is 32.4 Å². The van der Waals surface area contributed by atoms with Gasteiger partial charge in [-0.1, -0.05) is 32.0 Å². The molecule has 2 saturated heterocycles. The van der Waals surface area contributed by atoms with Crippen molar-refractivity contribution in [1.29, 1.82) is 5.26 Å². The third-order valence-electron chi connectivity index (χ3n) is 8.37.